The van der Waals surface area contributed by atoms with Crippen molar-refractivity contribution in [2.24, 2.45) is 0 Å². The molecule has 0 aliphatic carbocycles. The first-order chi connectivity index (χ1) is 17.3. The molecule has 0 heterocycles. The van der Waals surface area contributed by atoms with Crippen LogP contribution in [0.15, 0.2) is 171 Å². The lowest BCUT2D eigenvalue weighted by atomic mass is 10.1. The van der Waals surface area contributed by atoms with E-state index in [-0.39, 0.29) is 5.78 Å². The minimum absolute atomic E-state index is 0.0951. The zero-order chi connectivity index (χ0) is 23.9. The smallest absolute Gasteiger partial charge is 0.248 e. The highest BCUT2D eigenvalue weighted by molar-refractivity contribution is 8.34. The largest absolute Gasteiger partial charge is 0.283 e. The van der Waals surface area contributed by atoms with E-state index in [1.54, 1.807) is 0 Å². The van der Waals surface area contributed by atoms with Crippen molar-refractivity contribution in [3.63, 3.8) is 0 Å². The zero-order valence-corrected chi connectivity index (χ0v) is 20.8. The van der Waals surface area contributed by atoms with Crippen molar-refractivity contribution < 1.29 is 4.79 Å². The minimum Gasteiger partial charge on any atom is -0.283 e. The van der Waals surface area contributed by atoms with Gasteiger partial charge in [0.1, 0.15) is 10.9 Å². The molecule has 0 saturated carbocycles. The number of hydrogen-bond acceptors (Lipinski definition) is 1. The van der Waals surface area contributed by atoms with E-state index in [2.05, 4.69) is 97.1 Å². The summed E-state index contributed by atoms with van der Waals surface area (Å²) in [4.78, 5) is 19.1. The predicted molar refractivity (Wildman–Crippen MR) is 150 cm³/mol. The van der Waals surface area contributed by atoms with Crippen LogP contribution in [0.1, 0.15) is 10.4 Å². The molecule has 0 aliphatic rings. The van der Waals surface area contributed by atoms with Gasteiger partial charge in [-0.15, -0.1) is 0 Å². The second-order valence-electron chi connectivity index (χ2n) is 7.85. The Balaban J connectivity index is 1.89. The van der Waals surface area contributed by atoms with E-state index in [0.29, 0.717) is 0 Å². The maximum Gasteiger partial charge on any atom is 0.248 e. The molecule has 3 heteroatoms. The van der Waals surface area contributed by atoms with Crippen molar-refractivity contribution in [1.82, 2.24) is 0 Å². The van der Waals surface area contributed by atoms with Gasteiger partial charge in [0, 0.05) is 15.4 Å². The van der Waals surface area contributed by atoms with E-state index < -0.39 is 21.4 Å². The maximum atomic E-state index is 14.5. The quantitative estimate of drug-likeness (QED) is 0.134. The third-order valence-electron chi connectivity index (χ3n) is 5.51. The van der Waals surface area contributed by atoms with Crippen LogP contribution in [0.5, 0.6) is 0 Å². The number of benzene rings is 5. The predicted octanol–water partition coefficient (Wildman–Crippen LogP) is 8.12. The first-order valence-electron chi connectivity index (χ1n) is 11.5. The van der Waals surface area contributed by atoms with E-state index in [4.69, 9.17) is 0 Å². The Morgan fingerprint density at radius 2 is 0.800 bits per heavy atom. The summed E-state index contributed by atoms with van der Waals surface area (Å²) in [6.45, 7) is 0. The highest BCUT2D eigenvalue weighted by atomic mass is 32.2. The molecule has 0 unspecified atom stereocenters. The molecule has 170 valence electrons. The number of carbonyl (C=O) groups excluding carboxylic acids is 1. The fourth-order valence-corrected chi connectivity index (χ4v) is 9.45. The summed E-state index contributed by atoms with van der Waals surface area (Å²) in [5.74, 6) is 0.0951. The first kappa shape index (κ1) is 23.1. The second-order valence-corrected chi connectivity index (χ2v) is 12.0. The standard InChI is InChI=1S/C32H25OS2/c33-31(26-16-6-1-7-17-26)32(34(27-18-8-2-9-19-27)28-20-10-3-11-21-28)35(29-22-12-4-13-23-29)30-24-14-5-15-25-30/h1-25H/q+1. The molecule has 0 aliphatic heterocycles. The van der Waals surface area contributed by atoms with Gasteiger partial charge in [-0.3, -0.25) is 4.79 Å². The Morgan fingerprint density at radius 3 is 1.20 bits per heavy atom. The van der Waals surface area contributed by atoms with Crippen LogP contribution in [0.25, 0.3) is 0 Å². The molecule has 0 spiro atoms. The van der Waals surface area contributed by atoms with Gasteiger partial charge in [-0.25, -0.2) is 0 Å². The Bertz CT molecular complexity index is 1340. The van der Waals surface area contributed by atoms with E-state index in [1.165, 1.54) is 0 Å². The second kappa shape index (κ2) is 11.2. The van der Waals surface area contributed by atoms with Crippen LogP contribution in [0.4, 0.5) is 0 Å². The molecule has 0 fully saturated rings. The van der Waals surface area contributed by atoms with Crippen LogP contribution >= 0.6 is 10.5 Å². The Morgan fingerprint density at radius 1 is 0.457 bits per heavy atom. The van der Waals surface area contributed by atoms with Crippen molar-refractivity contribution in [3.8, 4) is 0 Å². The number of hydrogen-bond donors (Lipinski definition) is 0. The third kappa shape index (κ3) is 5.22. The Hall–Kier alpha value is -3.66. The number of carbonyl (C=O) groups is 1. The fraction of sp³-hybridized carbons (Fsp3) is 0. The van der Waals surface area contributed by atoms with Crippen molar-refractivity contribution in [2.75, 3.05) is 0 Å². The molecule has 1 nitrogen and oxygen atoms in total. The normalized spacial score (nSPS) is 10.9. The molecule has 5 aromatic rings. The average molecular weight is 490 g/mol. The minimum atomic E-state index is -0.571. The monoisotopic (exact) mass is 489 g/mol. The van der Waals surface area contributed by atoms with E-state index in [0.717, 1.165) is 29.3 Å². The van der Waals surface area contributed by atoms with Crippen molar-refractivity contribution in [1.29, 1.82) is 0 Å². The molecule has 0 bridgehead atoms. The zero-order valence-electron chi connectivity index (χ0n) is 19.2. The van der Waals surface area contributed by atoms with E-state index in [1.807, 2.05) is 54.6 Å². The van der Waals surface area contributed by atoms with E-state index in [9.17, 15) is 4.79 Å². The number of rotatable bonds is 6. The molecule has 0 amide bonds. The highest BCUT2D eigenvalue weighted by Gasteiger charge is 2.39. The molecule has 35 heavy (non-hydrogen) atoms. The molecular formula is C32H25OS2+. The Kier molecular flexibility index (Phi) is 7.38. The molecule has 0 saturated heterocycles. The van der Waals surface area contributed by atoms with Crippen LogP contribution in [0, 0.1) is 0 Å². The fourth-order valence-electron chi connectivity index (χ4n) is 3.90. The summed E-state index contributed by atoms with van der Waals surface area (Å²) >= 11 is 0. The molecule has 0 radical (unpaired) electrons. The van der Waals surface area contributed by atoms with Gasteiger partial charge in [-0.1, -0.05) is 114 Å². The summed E-state index contributed by atoms with van der Waals surface area (Å²) in [7, 11) is -1.14. The molecular weight excluding hydrogens is 464 g/mol. The Labute approximate surface area is 212 Å². The third-order valence-corrected chi connectivity index (χ3v) is 10.6. The van der Waals surface area contributed by atoms with Crippen molar-refractivity contribution >= 4 is 31.4 Å². The molecule has 5 rings (SSSR count). The van der Waals surface area contributed by atoms with Gasteiger partial charge in [0.15, 0.2) is 9.79 Å². The number of Topliss-reactive ketones (excluding diaryl/α,β-unsaturated/α-hetero) is 1. The van der Waals surface area contributed by atoms with Gasteiger partial charge in [-0.2, -0.15) is 0 Å². The van der Waals surface area contributed by atoms with Gasteiger partial charge < -0.3 is 0 Å². The highest BCUT2D eigenvalue weighted by Crippen LogP contribution is 2.42. The van der Waals surface area contributed by atoms with Crippen LogP contribution in [-0.2, 0) is 10.9 Å². The summed E-state index contributed by atoms with van der Waals surface area (Å²) in [6.07, 6.45) is 0. The van der Waals surface area contributed by atoms with Crippen LogP contribution in [0.2, 0.25) is 0 Å². The lowest BCUT2D eigenvalue weighted by Crippen LogP contribution is -2.26. The van der Waals surface area contributed by atoms with Gasteiger partial charge >= 0.3 is 0 Å². The molecule has 5 aromatic carbocycles. The lowest BCUT2D eigenvalue weighted by molar-refractivity contribution is 0.107. The summed E-state index contributed by atoms with van der Waals surface area (Å²) in [6, 6.07) is 51.5. The van der Waals surface area contributed by atoms with Gasteiger partial charge in [0.2, 0.25) is 9.98 Å². The van der Waals surface area contributed by atoms with Crippen molar-refractivity contribution in [3.05, 3.63) is 157 Å². The summed E-state index contributed by atoms with van der Waals surface area (Å²) in [5, 5.41) is 0. The average Bonchev–Trinajstić information content (AvgIpc) is 2.95. The van der Waals surface area contributed by atoms with Crippen LogP contribution in [-0.4, -0.2) is 9.98 Å². The number of ketones is 1. The van der Waals surface area contributed by atoms with Crippen molar-refractivity contribution in [2.45, 2.75) is 19.6 Å². The van der Waals surface area contributed by atoms with Crippen LogP contribution < -0.4 is 0 Å². The topological polar surface area (TPSA) is 17.1 Å². The van der Waals surface area contributed by atoms with Gasteiger partial charge in [0.25, 0.3) is 0 Å². The maximum absolute atomic E-state index is 14.5. The summed E-state index contributed by atoms with van der Waals surface area (Å²) in [5.41, 5.74) is 0.719. The SMILES string of the molecule is O=C(C(=S(c1ccccc1)c1ccccc1)[S+](c1ccccc1)c1ccccc1)c1ccccc1. The summed E-state index contributed by atoms with van der Waals surface area (Å²) < 4.78 is 0.908. The van der Waals surface area contributed by atoms with E-state index >= 15 is 0 Å². The molecule has 0 N–H and O–H groups in total. The van der Waals surface area contributed by atoms with Crippen LogP contribution in [0.3, 0.4) is 0 Å². The van der Waals surface area contributed by atoms with Gasteiger partial charge in [-0.05, 0) is 48.5 Å². The lowest BCUT2D eigenvalue weighted by Gasteiger charge is -2.17. The molecule has 0 atom stereocenters. The molecule has 0 aromatic heterocycles. The van der Waals surface area contributed by atoms with Gasteiger partial charge in [0.05, 0.1) is 0 Å². The first-order valence-corrected chi connectivity index (χ1v) is 13.9.